The number of benzene rings is 1. The van der Waals surface area contributed by atoms with Crippen LogP contribution in [0.2, 0.25) is 5.02 Å². The number of hydrogen-bond acceptors (Lipinski definition) is 3. The van der Waals surface area contributed by atoms with E-state index in [-0.39, 0.29) is 30.7 Å². The maximum absolute atomic E-state index is 13.5. The van der Waals surface area contributed by atoms with Crippen LogP contribution in [0.4, 0.5) is 4.79 Å². The summed E-state index contributed by atoms with van der Waals surface area (Å²) in [7, 11) is 0. The number of amides is 3. The number of carbonyl (C=O) groups is 3. The lowest BCUT2D eigenvalue weighted by molar-refractivity contribution is -0.151. The zero-order valence-electron chi connectivity index (χ0n) is 16.8. The Balaban J connectivity index is 1.67. The van der Waals surface area contributed by atoms with Gasteiger partial charge in [0.1, 0.15) is 11.9 Å². The molecule has 8 heteroatoms. The third-order valence-corrected chi connectivity index (χ3v) is 6.70. The molecule has 1 N–H and O–H groups in total. The molecule has 2 aliphatic heterocycles. The van der Waals surface area contributed by atoms with E-state index in [0.717, 1.165) is 37.7 Å². The van der Waals surface area contributed by atoms with Crippen molar-refractivity contribution in [2.24, 2.45) is 5.92 Å². The number of nitrogens with zero attached hydrogens (tertiary/aromatic N) is 3. The van der Waals surface area contributed by atoms with E-state index >= 15 is 0 Å². The van der Waals surface area contributed by atoms with E-state index in [1.807, 2.05) is 24.3 Å². The zero-order valence-corrected chi connectivity index (χ0v) is 17.6. The van der Waals surface area contributed by atoms with Crippen LogP contribution >= 0.6 is 11.6 Å². The van der Waals surface area contributed by atoms with Gasteiger partial charge in [0.15, 0.2) is 0 Å². The van der Waals surface area contributed by atoms with Crippen LogP contribution in [0.1, 0.15) is 44.1 Å². The Kier molecular flexibility index (Phi) is 5.99. The van der Waals surface area contributed by atoms with Crippen LogP contribution in [0.3, 0.4) is 0 Å². The Bertz CT molecular complexity index is 881. The molecule has 2 fully saturated rings. The Hall–Kier alpha value is -2.54. The molecule has 1 saturated carbocycles. The predicted octanol–water partition coefficient (Wildman–Crippen LogP) is 3.68. The second kappa shape index (κ2) is 8.68. The summed E-state index contributed by atoms with van der Waals surface area (Å²) < 4.78 is 0. The van der Waals surface area contributed by atoms with E-state index in [1.54, 1.807) is 4.90 Å². The quantitative estimate of drug-likeness (QED) is 0.788. The van der Waals surface area contributed by atoms with Crippen LogP contribution in [0.5, 0.6) is 0 Å². The fraction of sp³-hybridized carbons (Fsp3) is 0.500. The molecule has 1 saturated heterocycles. The van der Waals surface area contributed by atoms with Gasteiger partial charge in [0.05, 0.1) is 0 Å². The maximum atomic E-state index is 13.5. The number of fused-ring (bicyclic) bond motifs is 1. The summed E-state index contributed by atoms with van der Waals surface area (Å²) >= 11 is 6.27. The van der Waals surface area contributed by atoms with Crippen molar-refractivity contribution >= 4 is 29.5 Å². The van der Waals surface area contributed by atoms with Crippen LogP contribution in [0.15, 0.2) is 36.3 Å². The summed E-state index contributed by atoms with van der Waals surface area (Å²) in [6.07, 6.45) is 6.00. The van der Waals surface area contributed by atoms with Gasteiger partial charge >= 0.3 is 6.09 Å². The summed E-state index contributed by atoms with van der Waals surface area (Å²) in [6.45, 7) is 0.491. The molecule has 0 aromatic heterocycles. The van der Waals surface area contributed by atoms with E-state index in [2.05, 4.69) is 0 Å². The molecular formula is C22H26ClN3O4. The third kappa shape index (κ3) is 3.90. The van der Waals surface area contributed by atoms with Crippen LogP contribution in [-0.4, -0.2) is 56.8 Å². The predicted molar refractivity (Wildman–Crippen MR) is 112 cm³/mol. The molecule has 160 valence electrons. The van der Waals surface area contributed by atoms with Gasteiger partial charge < -0.3 is 10.0 Å². The molecule has 30 heavy (non-hydrogen) atoms. The smallest absolute Gasteiger partial charge is 0.413 e. The van der Waals surface area contributed by atoms with Crippen molar-refractivity contribution in [1.29, 1.82) is 0 Å². The van der Waals surface area contributed by atoms with E-state index in [0.29, 0.717) is 23.8 Å². The largest absolute Gasteiger partial charge is 0.465 e. The molecule has 1 aliphatic carbocycles. The lowest BCUT2D eigenvalue weighted by Gasteiger charge is -2.48. The summed E-state index contributed by atoms with van der Waals surface area (Å²) in [6, 6.07) is 6.85. The number of rotatable bonds is 4. The summed E-state index contributed by atoms with van der Waals surface area (Å²) in [5.74, 6) is 0.0512. The van der Waals surface area contributed by atoms with Crippen LogP contribution in [0.25, 0.3) is 0 Å². The summed E-state index contributed by atoms with van der Waals surface area (Å²) in [4.78, 5) is 42.4. The Morgan fingerprint density at radius 1 is 1.13 bits per heavy atom. The molecule has 3 amide bonds. The summed E-state index contributed by atoms with van der Waals surface area (Å²) in [5, 5.41) is 10.3. The third-order valence-electron chi connectivity index (χ3n) is 6.33. The van der Waals surface area contributed by atoms with Gasteiger partial charge in [-0.05, 0) is 36.8 Å². The molecule has 3 aliphatic rings. The van der Waals surface area contributed by atoms with E-state index < -0.39 is 12.1 Å². The lowest BCUT2D eigenvalue weighted by Crippen LogP contribution is -2.62. The van der Waals surface area contributed by atoms with Gasteiger partial charge in [-0.3, -0.25) is 19.4 Å². The first-order valence-electron chi connectivity index (χ1n) is 10.6. The lowest BCUT2D eigenvalue weighted by atomic mass is 9.81. The van der Waals surface area contributed by atoms with E-state index in [9.17, 15) is 19.5 Å². The molecule has 1 atom stereocenters. The molecule has 0 radical (unpaired) electrons. The zero-order chi connectivity index (χ0) is 21.3. The molecule has 0 spiro atoms. The van der Waals surface area contributed by atoms with E-state index in [4.69, 9.17) is 11.6 Å². The highest BCUT2D eigenvalue weighted by Crippen LogP contribution is 2.37. The monoisotopic (exact) mass is 431 g/mol. The van der Waals surface area contributed by atoms with Crippen molar-refractivity contribution in [3.05, 3.63) is 46.9 Å². The average Bonchev–Trinajstić information content (AvgIpc) is 2.74. The Morgan fingerprint density at radius 3 is 2.57 bits per heavy atom. The Labute approximate surface area is 180 Å². The minimum atomic E-state index is -1.11. The first kappa shape index (κ1) is 20.7. The van der Waals surface area contributed by atoms with Gasteiger partial charge in [0, 0.05) is 30.7 Å². The van der Waals surface area contributed by atoms with Crippen molar-refractivity contribution in [1.82, 2.24) is 14.7 Å². The van der Waals surface area contributed by atoms with Crippen LogP contribution in [0, 0.1) is 5.92 Å². The topological polar surface area (TPSA) is 81.2 Å². The number of carboxylic acid groups (broad SMARTS) is 1. The highest BCUT2D eigenvalue weighted by Gasteiger charge is 2.47. The van der Waals surface area contributed by atoms with Crippen molar-refractivity contribution in [2.75, 3.05) is 13.1 Å². The molecule has 1 aromatic rings. The molecule has 0 unspecified atom stereocenters. The SMILES string of the molecule is O=C1[C@H](C2CCCCC2)N2C(=O)CCN(C(=O)O)C2=CN1CCc1ccccc1Cl. The molecule has 4 rings (SSSR count). The van der Waals surface area contributed by atoms with Crippen molar-refractivity contribution in [3.63, 3.8) is 0 Å². The summed E-state index contributed by atoms with van der Waals surface area (Å²) in [5.41, 5.74) is 0.928. The second-order valence-electron chi connectivity index (χ2n) is 8.15. The molecule has 7 nitrogen and oxygen atoms in total. The van der Waals surface area contributed by atoms with Gasteiger partial charge in [-0.15, -0.1) is 0 Å². The van der Waals surface area contributed by atoms with Gasteiger partial charge in [0.2, 0.25) is 11.8 Å². The normalized spacial score (nSPS) is 22.8. The minimum absolute atomic E-state index is 0.0514. The highest BCUT2D eigenvalue weighted by atomic mass is 35.5. The van der Waals surface area contributed by atoms with Gasteiger partial charge in [-0.25, -0.2) is 4.79 Å². The van der Waals surface area contributed by atoms with Crippen molar-refractivity contribution < 1.29 is 19.5 Å². The van der Waals surface area contributed by atoms with Gasteiger partial charge in [0.25, 0.3) is 0 Å². The van der Waals surface area contributed by atoms with Crippen LogP contribution in [-0.2, 0) is 16.0 Å². The molecule has 0 bridgehead atoms. The first-order chi connectivity index (χ1) is 14.5. The fourth-order valence-electron chi connectivity index (χ4n) is 4.79. The Morgan fingerprint density at radius 2 is 1.87 bits per heavy atom. The highest BCUT2D eigenvalue weighted by molar-refractivity contribution is 6.31. The number of halogens is 1. The van der Waals surface area contributed by atoms with E-state index in [1.165, 1.54) is 16.0 Å². The molecule has 1 aromatic carbocycles. The second-order valence-corrected chi connectivity index (χ2v) is 8.56. The number of hydrogen-bond donors (Lipinski definition) is 1. The standard InChI is InChI=1S/C22H26ClN3O4/c23-17-9-5-4-6-15(17)10-12-24-14-18-25(22(29)30)13-11-19(27)26(18)20(21(24)28)16-7-2-1-3-8-16/h4-6,9,14,16,20H,1-3,7-8,10-13H2,(H,29,30)/t20-/m0/s1. The number of carbonyl (C=O) groups excluding carboxylic acids is 2. The molecular weight excluding hydrogens is 406 g/mol. The minimum Gasteiger partial charge on any atom is -0.465 e. The first-order valence-corrected chi connectivity index (χ1v) is 10.9. The van der Waals surface area contributed by atoms with Gasteiger partial charge in [-0.1, -0.05) is 49.1 Å². The van der Waals surface area contributed by atoms with Gasteiger partial charge in [-0.2, -0.15) is 0 Å². The average molecular weight is 432 g/mol. The van der Waals surface area contributed by atoms with Crippen molar-refractivity contribution in [2.45, 2.75) is 51.0 Å². The van der Waals surface area contributed by atoms with Crippen molar-refractivity contribution in [3.8, 4) is 0 Å². The fourth-order valence-corrected chi connectivity index (χ4v) is 5.02. The maximum Gasteiger partial charge on any atom is 0.413 e. The molecule has 2 heterocycles. The van der Waals surface area contributed by atoms with Crippen LogP contribution < -0.4 is 0 Å².